The average Bonchev–Trinajstić information content (AvgIpc) is 3.62. The van der Waals surface area contributed by atoms with Crippen LogP contribution < -0.4 is 0 Å². The van der Waals surface area contributed by atoms with Gasteiger partial charge in [-0.2, -0.15) is 10.1 Å². The Morgan fingerprint density at radius 2 is 1.79 bits per heavy atom. The second kappa shape index (κ2) is 10.8. The van der Waals surface area contributed by atoms with Crippen molar-refractivity contribution in [1.29, 1.82) is 0 Å². The van der Waals surface area contributed by atoms with Crippen molar-refractivity contribution in [3.63, 3.8) is 0 Å². The molecular weight excluding hydrogens is 551 g/mol. The second-order valence-electron chi connectivity index (χ2n) is 8.51. The summed E-state index contributed by atoms with van der Waals surface area (Å²) in [5.74, 6) is 0.651. The Bertz CT molecular complexity index is 1580. The number of fused-ring (bicyclic) bond motifs is 1. The van der Waals surface area contributed by atoms with Crippen LogP contribution in [-0.2, 0) is 21.5 Å². The molecule has 0 spiro atoms. The number of alkyl halides is 3. The number of nitrogens with zero attached hydrogens (tertiary/aromatic N) is 6. The topological polar surface area (TPSA) is 100 Å². The summed E-state index contributed by atoms with van der Waals surface area (Å²) in [7, 11) is 0. The molecule has 0 N–H and O–H groups in total. The highest BCUT2D eigenvalue weighted by Gasteiger charge is 2.31. The number of halogens is 3. The smallest absolute Gasteiger partial charge is 0.343 e. The molecule has 0 aliphatic rings. The highest BCUT2D eigenvalue weighted by molar-refractivity contribution is 6.66. The molecule has 0 amide bonds. The molecule has 0 atom stereocenters. The van der Waals surface area contributed by atoms with Gasteiger partial charge < -0.3 is 13.8 Å². The van der Waals surface area contributed by atoms with Crippen molar-refractivity contribution >= 4 is 46.4 Å². The molecule has 0 bridgehead atoms. The van der Waals surface area contributed by atoms with Crippen molar-refractivity contribution in [2.45, 2.75) is 37.0 Å². The summed E-state index contributed by atoms with van der Waals surface area (Å²) in [6.07, 6.45) is 3.15. The van der Waals surface area contributed by atoms with E-state index in [-0.39, 0.29) is 12.5 Å². The van der Waals surface area contributed by atoms with Gasteiger partial charge in [0.2, 0.25) is 5.82 Å². The Kier molecular flexibility index (Phi) is 7.43. The molecule has 12 heteroatoms. The number of hydrogen-bond acceptors (Lipinski definition) is 7. The van der Waals surface area contributed by atoms with Crippen LogP contribution in [0.4, 0.5) is 0 Å². The van der Waals surface area contributed by atoms with Crippen LogP contribution in [0, 0.1) is 0 Å². The SMILES string of the molecule is CCCc1nn2ncc(C(=O)OCC)c2n1Cc1ccc(-c2ccccc2-c2noc(C(Cl)(Cl)Cl)n2)cc1. The minimum atomic E-state index is -1.81. The van der Waals surface area contributed by atoms with Crippen LogP contribution in [0.3, 0.4) is 0 Å². The Morgan fingerprint density at radius 3 is 2.45 bits per heavy atom. The first-order valence-electron chi connectivity index (χ1n) is 12.0. The van der Waals surface area contributed by atoms with Gasteiger partial charge in [0.15, 0.2) is 5.65 Å². The highest BCUT2D eigenvalue weighted by atomic mass is 35.6. The van der Waals surface area contributed by atoms with Crippen molar-refractivity contribution in [3.05, 3.63) is 77.6 Å². The third-order valence-electron chi connectivity index (χ3n) is 5.92. The lowest BCUT2D eigenvalue weighted by Gasteiger charge is -2.11. The number of rotatable bonds is 8. The Morgan fingerprint density at radius 1 is 1.05 bits per heavy atom. The van der Waals surface area contributed by atoms with Crippen molar-refractivity contribution in [2.24, 2.45) is 0 Å². The van der Waals surface area contributed by atoms with Crippen molar-refractivity contribution in [3.8, 4) is 22.5 Å². The first-order valence-corrected chi connectivity index (χ1v) is 13.1. The van der Waals surface area contributed by atoms with E-state index in [0.29, 0.717) is 23.6 Å². The number of hydrogen-bond donors (Lipinski definition) is 0. The van der Waals surface area contributed by atoms with Gasteiger partial charge >= 0.3 is 5.97 Å². The highest BCUT2D eigenvalue weighted by Crippen LogP contribution is 2.39. The van der Waals surface area contributed by atoms with Gasteiger partial charge in [-0.05, 0) is 30.0 Å². The molecule has 38 heavy (non-hydrogen) atoms. The van der Waals surface area contributed by atoms with Gasteiger partial charge in [-0.25, -0.2) is 4.79 Å². The standard InChI is InChI=1S/C26H23Cl3N6O3/c1-3-7-21-32-35-23(20(14-30-35)24(36)37-4-2)34(21)15-16-10-12-17(13-11-16)18-8-5-6-9-19(18)22-31-25(38-33-22)26(27,28)29/h5-6,8-14H,3-4,7,15H2,1-2H3. The molecule has 0 aliphatic carbocycles. The van der Waals surface area contributed by atoms with E-state index in [1.54, 1.807) is 6.92 Å². The molecule has 0 fully saturated rings. The summed E-state index contributed by atoms with van der Waals surface area (Å²) in [4.78, 5) is 16.8. The molecule has 0 unspecified atom stereocenters. The van der Waals surface area contributed by atoms with Gasteiger partial charge in [0, 0.05) is 12.0 Å². The number of aryl methyl sites for hydroxylation is 1. The van der Waals surface area contributed by atoms with Gasteiger partial charge in [-0.15, -0.1) is 9.73 Å². The van der Waals surface area contributed by atoms with E-state index < -0.39 is 9.76 Å². The van der Waals surface area contributed by atoms with E-state index >= 15 is 0 Å². The second-order valence-corrected chi connectivity index (χ2v) is 10.8. The summed E-state index contributed by atoms with van der Waals surface area (Å²) in [6, 6.07) is 15.7. The molecule has 0 saturated carbocycles. The molecule has 9 nitrogen and oxygen atoms in total. The predicted molar refractivity (Wildman–Crippen MR) is 144 cm³/mol. The number of carbonyl (C=O) groups is 1. The summed E-state index contributed by atoms with van der Waals surface area (Å²) in [5, 5.41) is 12.9. The lowest BCUT2D eigenvalue weighted by atomic mass is 9.98. The van der Waals surface area contributed by atoms with E-state index in [2.05, 4.69) is 27.3 Å². The molecule has 2 aromatic carbocycles. The first-order chi connectivity index (χ1) is 18.3. The van der Waals surface area contributed by atoms with E-state index in [0.717, 1.165) is 40.9 Å². The van der Waals surface area contributed by atoms with Gasteiger partial charge in [-0.1, -0.05) is 95.4 Å². The largest absolute Gasteiger partial charge is 0.462 e. The summed E-state index contributed by atoms with van der Waals surface area (Å²) >= 11 is 17.7. The lowest BCUT2D eigenvalue weighted by molar-refractivity contribution is 0.0528. The van der Waals surface area contributed by atoms with Crippen molar-refractivity contribution in [2.75, 3.05) is 6.61 Å². The fourth-order valence-electron chi connectivity index (χ4n) is 4.22. The van der Waals surface area contributed by atoms with Crippen molar-refractivity contribution in [1.82, 2.24) is 29.5 Å². The molecular formula is C26H23Cl3N6O3. The maximum atomic E-state index is 12.5. The minimum absolute atomic E-state index is 0.0979. The van der Waals surface area contributed by atoms with Gasteiger partial charge in [0.1, 0.15) is 11.4 Å². The molecule has 5 rings (SSSR count). The van der Waals surface area contributed by atoms with Crippen LogP contribution in [0.15, 0.2) is 59.3 Å². The molecule has 0 saturated heterocycles. The third-order valence-corrected chi connectivity index (χ3v) is 6.40. The van der Waals surface area contributed by atoms with Crippen LogP contribution in [0.25, 0.3) is 28.2 Å². The molecule has 3 aromatic heterocycles. The van der Waals surface area contributed by atoms with E-state index in [1.807, 2.05) is 53.1 Å². The number of benzene rings is 2. The zero-order valence-electron chi connectivity index (χ0n) is 20.6. The predicted octanol–water partition coefficient (Wildman–Crippen LogP) is 6.25. The van der Waals surface area contributed by atoms with E-state index in [1.165, 1.54) is 10.8 Å². The van der Waals surface area contributed by atoms with E-state index in [4.69, 9.17) is 44.1 Å². The molecule has 196 valence electrons. The Balaban J connectivity index is 1.47. The van der Waals surface area contributed by atoms with Gasteiger partial charge in [0.05, 0.1) is 19.3 Å². The quantitative estimate of drug-likeness (QED) is 0.160. The van der Waals surface area contributed by atoms with Crippen LogP contribution >= 0.6 is 34.8 Å². The van der Waals surface area contributed by atoms with Crippen LogP contribution in [-0.4, -0.2) is 42.1 Å². The van der Waals surface area contributed by atoms with Crippen molar-refractivity contribution < 1.29 is 14.1 Å². The zero-order chi connectivity index (χ0) is 26.9. The lowest BCUT2D eigenvalue weighted by Crippen LogP contribution is -2.10. The number of esters is 1. The average molecular weight is 574 g/mol. The first kappa shape index (κ1) is 26.2. The van der Waals surface area contributed by atoms with Gasteiger partial charge in [-0.3, -0.25) is 0 Å². The number of carbonyl (C=O) groups excluding carboxylic acids is 1. The molecule has 5 aromatic rings. The maximum Gasteiger partial charge on any atom is 0.343 e. The Labute approximate surface area is 233 Å². The molecule has 0 radical (unpaired) electrons. The zero-order valence-corrected chi connectivity index (χ0v) is 22.8. The van der Waals surface area contributed by atoms with E-state index in [9.17, 15) is 4.79 Å². The van der Waals surface area contributed by atoms with Crippen LogP contribution in [0.5, 0.6) is 0 Å². The maximum absolute atomic E-state index is 12.5. The van der Waals surface area contributed by atoms with Crippen LogP contribution in [0.1, 0.15) is 47.9 Å². The molecule has 3 heterocycles. The minimum Gasteiger partial charge on any atom is -0.462 e. The number of aromatic nitrogens is 6. The normalized spacial score (nSPS) is 11.8. The fourth-order valence-corrected chi connectivity index (χ4v) is 4.45. The van der Waals surface area contributed by atoms with Crippen LogP contribution in [0.2, 0.25) is 0 Å². The summed E-state index contributed by atoms with van der Waals surface area (Å²) in [5.41, 5.74) is 4.62. The third kappa shape index (κ3) is 5.14. The fraction of sp³-hybridized carbons (Fsp3) is 0.269. The monoisotopic (exact) mass is 572 g/mol. The summed E-state index contributed by atoms with van der Waals surface area (Å²) in [6.45, 7) is 4.65. The van der Waals surface area contributed by atoms with Gasteiger partial charge in [0.25, 0.3) is 9.68 Å². The number of ether oxygens (including phenoxy) is 1. The Hall–Kier alpha value is -3.40. The summed E-state index contributed by atoms with van der Waals surface area (Å²) < 4.78 is 12.1. The molecule has 0 aliphatic heterocycles.